The molecule has 9 heteroatoms. The van der Waals surface area contributed by atoms with Gasteiger partial charge in [-0.25, -0.2) is 8.42 Å². The van der Waals surface area contributed by atoms with Crippen molar-refractivity contribution in [3.63, 3.8) is 0 Å². The first-order valence-corrected chi connectivity index (χ1v) is 11.8. The predicted molar refractivity (Wildman–Crippen MR) is 109 cm³/mol. The summed E-state index contributed by atoms with van der Waals surface area (Å²) in [7, 11) is -2.96. The second-order valence-electron chi connectivity index (χ2n) is 6.76. The summed E-state index contributed by atoms with van der Waals surface area (Å²) in [5, 5.41) is 2.51. The molecule has 150 valence electrons. The van der Waals surface area contributed by atoms with E-state index in [1.165, 1.54) is 24.9 Å². The Morgan fingerprint density at radius 3 is 2.26 bits per heavy atom. The van der Waals surface area contributed by atoms with Gasteiger partial charge in [-0.2, -0.15) is 0 Å². The number of sulfone groups is 1. The molecule has 1 aromatic rings. The molecule has 2 amide bonds. The van der Waals surface area contributed by atoms with E-state index in [9.17, 15) is 18.0 Å². The minimum Gasteiger partial charge on any atom is -0.339 e. The Bertz CT molecular complexity index is 757. The third-order valence-corrected chi connectivity index (χ3v) is 6.32. The number of thioether (sulfide) groups is 1. The highest BCUT2D eigenvalue weighted by molar-refractivity contribution is 8.00. The number of benzene rings is 1. The van der Waals surface area contributed by atoms with Crippen molar-refractivity contribution >= 4 is 39.1 Å². The van der Waals surface area contributed by atoms with E-state index in [-0.39, 0.29) is 22.8 Å². The third-order valence-electron chi connectivity index (χ3n) is 4.30. The highest BCUT2D eigenvalue weighted by Gasteiger charge is 2.25. The zero-order valence-electron chi connectivity index (χ0n) is 16.0. The largest absolute Gasteiger partial charge is 0.339 e. The van der Waals surface area contributed by atoms with Gasteiger partial charge in [0.1, 0.15) is 9.84 Å². The van der Waals surface area contributed by atoms with E-state index in [1.54, 1.807) is 0 Å². The molecule has 1 aliphatic rings. The van der Waals surface area contributed by atoms with Gasteiger partial charge in [-0.3, -0.25) is 14.5 Å². The van der Waals surface area contributed by atoms with Crippen LogP contribution in [0.4, 0.5) is 5.69 Å². The van der Waals surface area contributed by atoms with Crippen molar-refractivity contribution in [2.45, 2.75) is 24.0 Å². The Morgan fingerprint density at radius 2 is 1.74 bits per heavy atom. The maximum absolute atomic E-state index is 12.7. The molecule has 1 saturated heterocycles. The fourth-order valence-electron chi connectivity index (χ4n) is 2.82. The second kappa shape index (κ2) is 9.57. The molecule has 0 radical (unpaired) electrons. The van der Waals surface area contributed by atoms with E-state index in [4.69, 9.17) is 0 Å². The van der Waals surface area contributed by atoms with Crippen LogP contribution in [0, 0.1) is 0 Å². The number of nitrogens with one attached hydrogen (secondary N) is 1. The van der Waals surface area contributed by atoms with Crippen molar-refractivity contribution < 1.29 is 18.0 Å². The van der Waals surface area contributed by atoms with Gasteiger partial charge in [0, 0.05) is 56.5 Å². The Balaban J connectivity index is 1.81. The van der Waals surface area contributed by atoms with Gasteiger partial charge < -0.3 is 10.2 Å². The van der Waals surface area contributed by atoms with Crippen LogP contribution >= 0.6 is 11.8 Å². The summed E-state index contributed by atoms with van der Waals surface area (Å²) in [6.07, 6.45) is 1.24. The van der Waals surface area contributed by atoms with Crippen molar-refractivity contribution in [2.75, 3.05) is 50.0 Å². The van der Waals surface area contributed by atoms with Crippen molar-refractivity contribution in [3.05, 3.63) is 24.3 Å². The summed E-state index contributed by atoms with van der Waals surface area (Å²) in [5.41, 5.74) is 0.732. The van der Waals surface area contributed by atoms with E-state index >= 15 is 0 Å². The number of hydrogen-bond donors (Lipinski definition) is 1. The maximum Gasteiger partial charge on any atom is 0.235 e. The van der Waals surface area contributed by atoms with Crippen LogP contribution in [0.2, 0.25) is 0 Å². The molecule has 1 fully saturated rings. The van der Waals surface area contributed by atoms with Crippen molar-refractivity contribution in [1.82, 2.24) is 9.80 Å². The van der Waals surface area contributed by atoms with Crippen LogP contribution in [-0.4, -0.2) is 80.0 Å². The molecule has 1 heterocycles. The molecule has 1 unspecified atom stereocenters. The summed E-state index contributed by atoms with van der Waals surface area (Å²) in [4.78, 5) is 28.6. The molecule has 0 aliphatic carbocycles. The average Bonchev–Trinajstić information content (AvgIpc) is 2.60. The van der Waals surface area contributed by atoms with Crippen molar-refractivity contribution in [3.8, 4) is 0 Å². The lowest BCUT2D eigenvalue weighted by molar-refractivity contribution is -0.132. The van der Waals surface area contributed by atoms with E-state index < -0.39 is 9.84 Å². The normalized spacial score (nSPS) is 16.8. The summed E-state index contributed by atoms with van der Waals surface area (Å²) >= 11 is 1.49. The van der Waals surface area contributed by atoms with Gasteiger partial charge >= 0.3 is 0 Å². The van der Waals surface area contributed by atoms with Crippen LogP contribution in [0.15, 0.2) is 29.2 Å². The molecule has 7 nitrogen and oxygen atoms in total. The minimum absolute atomic E-state index is 0.0914. The van der Waals surface area contributed by atoms with Crippen LogP contribution in [0.1, 0.15) is 13.8 Å². The van der Waals surface area contributed by atoms with Crippen LogP contribution in [0.3, 0.4) is 0 Å². The number of piperazine rings is 1. The standard InChI is InChI=1S/C18H27N3O4S2/c1-14(26-17-6-4-16(5-7-17)19-15(2)22)18(23)21-10-8-20(9-11-21)12-13-27(3,24)25/h4-7,14H,8-13H2,1-3H3,(H,19,22). The van der Waals surface area contributed by atoms with Gasteiger partial charge in [-0.1, -0.05) is 0 Å². The number of anilines is 1. The molecule has 2 rings (SSSR count). The lowest BCUT2D eigenvalue weighted by atomic mass is 10.3. The van der Waals surface area contributed by atoms with Crippen LogP contribution in [-0.2, 0) is 19.4 Å². The van der Waals surface area contributed by atoms with Gasteiger partial charge in [0.2, 0.25) is 11.8 Å². The zero-order chi connectivity index (χ0) is 20.0. The molecule has 27 heavy (non-hydrogen) atoms. The molecule has 0 saturated carbocycles. The molecule has 1 atom stereocenters. The number of carbonyl (C=O) groups is 2. The second-order valence-corrected chi connectivity index (χ2v) is 10.4. The highest BCUT2D eigenvalue weighted by Crippen LogP contribution is 2.26. The fourth-order valence-corrected chi connectivity index (χ4v) is 4.36. The van der Waals surface area contributed by atoms with Crippen molar-refractivity contribution in [2.24, 2.45) is 0 Å². The molecule has 0 aromatic heterocycles. The number of amides is 2. The summed E-state index contributed by atoms with van der Waals surface area (Å²) < 4.78 is 22.5. The Kier molecular flexibility index (Phi) is 7.69. The van der Waals surface area contributed by atoms with Crippen molar-refractivity contribution in [1.29, 1.82) is 0 Å². The monoisotopic (exact) mass is 413 g/mol. The van der Waals surface area contributed by atoms with Gasteiger partial charge in [0.15, 0.2) is 0 Å². The number of hydrogen-bond acceptors (Lipinski definition) is 6. The van der Waals surface area contributed by atoms with E-state index in [1.807, 2.05) is 36.1 Å². The maximum atomic E-state index is 12.7. The molecular formula is C18H27N3O4S2. The molecule has 0 bridgehead atoms. The summed E-state index contributed by atoms with van der Waals surface area (Å²) in [6.45, 7) is 6.51. The molecule has 0 spiro atoms. The molecule has 1 aliphatic heterocycles. The van der Waals surface area contributed by atoms with Gasteiger partial charge in [-0.05, 0) is 31.2 Å². The Morgan fingerprint density at radius 1 is 1.15 bits per heavy atom. The topological polar surface area (TPSA) is 86.8 Å². The number of carbonyl (C=O) groups excluding carboxylic acids is 2. The highest BCUT2D eigenvalue weighted by atomic mass is 32.2. The first kappa shape index (κ1) is 21.7. The van der Waals surface area contributed by atoms with E-state index in [2.05, 4.69) is 10.2 Å². The summed E-state index contributed by atoms with van der Waals surface area (Å²) in [5.74, 6) is 0.130. The zero-order valence-corrected chi connectivity index (χ0v) is 17.6. The first-order chi connectivity index (χ1) is 12.6. The van der Waals surface area contributed by atoms with Gasteiger partial charge in [0.25, 0.3) is 0 Å². The van der Waals surface area contributed by atoms with Crippen LogP contribution in [0.5, 0.6) is 0 Å². The summed E-state index contributed by atoms with van der Waals surface area (Å²) in [6, 6.07) is 7.43. The lowest BCUT2D eigenvalue weighted by Gasteiger charge is -2.35. The Labute approximate surface area is 165 Å². The fraction of sp³-hybridized carbons (Fsp3) is 0.556. The van der Waals surface area contributed by atoms with Crippen LogP contribution in [0.25, 0.3) is 0 Å². The number of rotatable bonds is 7. The Hall–Kier alpha value is -1.58. The van der Waals surface area contributed by atoms with E-state index in [0.29, 0.717) is 32.7 Å². The molecule has 1 aromatic carbocycles. The molecular weight excluding hydrogens is 386 g/mol. The SMILES string of the molecule is CC(=O)Nc1ccc(SC(C)C(=O)N2CCN(CCS(C)(=O)=O)CC2)cc1. The van der Waals surface area contributed by atoms with E-state index in [0.717, 1.165) is 10.6 Å². The molecule has 1 N–H and O–H groups in total. The quantitative estimate of drug-likeness (QED) is 0.679. The predicted octanol–water partition coefficient (Wildman–Crippen LogP) is 1.31. The lowest BCUT2D eigenvalue weighted by Crippen LogP contribution is -2.51. The average molecular weight is 414 g/mol. The van der Waals surface area contributed by atoms with Gasteiger partial charge in [-0.15, -0.1) is 11.8 Å². The minimum atomic E-state index is -2.96. The smallest absolute Gasteiger partial charge is 0.235 e. The first-order valence-electron chi connectivity index (χ1n) is 8.87. The number of nitrogens with zero attached hydrogens (tertiary/aromatic N) is 2. The third kappa shape index (κ3) is 7.51. The van der Waals surface area contributed by atoms with Gasteiger partial charge in [0.05, 0.1) is 11.0 Å². The van der Waals surface area contributed by atoms with Crippen LogP contribution < -0.4 is 5.32 Å².